The summed E-state index contributed by atoms with van der Waals surface area (Å²) in [6.45, 7) is 4.46. The zero-order chi connectivity index (χ0) is 25.1. The molecule has 0 aliphatic carbocycles. The minimum atomic E-state index is 0.421. The van der Waals surface area contributed by atoms with E-state index < -0.39 is 0 Å². The Bertz CT molecular complexity index is 1440. The van der Waals surface area contributed by atoms with Crippen LogP contribution >= 0.6 is 22.9 Å². The van der Waals surface area contributed by atoms with E-state index in [-0.39, 0.29) is 0 Å². The number of halogens is 1. The third kappa shape index (κ3) is 4.97. The lowest BCUT2D eigenvalue weighted by Crippen LogP contribution is -2.35. The van der Waals surface area contributed by atoms with Crippen molar-refractivity contribution in [3.63, 3.8) is 0 Å². The number of morpholine rings is 1. The molecule has 5 rings (SSSR count). The summed E-state index contributed by atoms with van der Waals surface area (Å²) in [4.78, 5) is 8.31. The quantitative estimate of drug-likeness (QED) is 0.316. The molecule has 9 heteroatoms. The summed E-state index contributed by atoms with van der Waals surface area (Å²) >= 11 is 8.27. The molecule has 0 unspecified atom stereocenters. The molecule has 1 aliphatic heterocycles. The lowest BCUT2D eigenvalue weighted by Gasteiger charge is -2.25. The zero-order valence-electron chi connectivity index (χ0n) is 20.0. The third-order valence-electron chi connectivity index (χ3n) is 6.19. The van der Waals surface area contributed by atoms with E-state index in [9.17, 15) is 5.26 Å². The number of pyridine rings is 1. The number of aromatic nitrogens is 1. The number of hydrogen-bond acceptors (Lipinski definition) is 8. The lowest BCUT2D eigenvalue weighted by molar-refractivity contribution is 0.0346. The number of anilines is 2. The van der Waals surface area contributed by atoms with Crippen molar-refractivity contribution in [2.24, 2.45) is 0 Å². The molecule has 0 saturated carbocycles. The normalized spacial score (nSPS) is 13.9. The molecule has 1 fully saturated rings. The van der Waals surface area contributed by atoms with Crippen molar-refractivity contribution >= 4 is 45.2 Å². The monoisotopic (exact) mass is 520 g/mol. The van der Waals surface area contributed by atoms with Crippen LogP contribution < -0.4 is 14.8 Å². The van der Waals surface area contributed by atoms with Gasteiger partial charge in [-0.2, -0.15) is 5.26 Å². The molecular weight excluding hydrogens is 496 g/mol. The largest absolute Gasteiger partial charge is 0.493 e. The van der Waals surface area contributed by atoms with Gasteiger partial charge < -0.3 is 19.5 Å². The minimum Gasteiger partial charge on any atom is -0.493 e. The number of nitrogens with one attached hydrogen (secondary N) is 1. The van der Waals surface area contributed by atoms with Gasteiger partial charge in [0.2, 0.25) is 0 Å². The van der Waals surface area contributed by atoms with Crippen LogP contribution in [0.5, 0.6) is 11.5 Å². The molecule has 4 aromatic rings. The van der Waals surface area contributed by atoms with Gasteiger partial charge in [0.15, 0.2) is 11.5 Å². The van der Waals surface area contributed by atoms with Crippen LogP contribution in [0.2, 0.25) is 5.02 Å². The van der Waals surface area contributed by atoms with Gasteiger partial charge in [0.05, 0.1) is 54.9 Å². The Kier molecular flexibility index (Phi) is 7.25. The highest BCUT2D eigenvalue weighted by molar-refractivity contribution is 7.10. The van der Waals surface area contributed by atoms with Gasteiger partial charge in [0.1, 0.15) is 6.07 Å². The van der Waals surface area contributed by atoms with E-state index in [1.807, 2.05) is 6.07 Å². The van der Waals surface area contributed by atoms with Gasteiger partial charge in [-0.05, 0) is 28.6 Å². The molecule has 0 atom stereocenters. The number of benzene rings is 2. The molecule has 2 aromatic heterocycles. The van der Waals surface area contributed by atoms with Gasteiger partial charge >= 0.3 is 0 Å². The van der Waals surface area contributed by atoms with Gasteiger partial charge in [-0.15, -0.1) is 11.3 Å². The number of thiophene rings is 1. The van der Waals surface area contributed by atoms with Crippen molar-refractivity contribution in [1.29, 1.82) is 5.26 Å². The SMILES string of the molecule is COc1cc(Cl)c(Nc2c(C#N)cnc3cc(-c4csc(CN5CCOCC5)c4)ccc23)cc1OC. The Balaban J connectivity index is 1.47. The molecule has 1 aliphatic rings. The second kappa shape index (κ2) is 10.7. The fourth-order valence-corrected chi connectivity index (χ4v) is 5.41. The van der Waals surface area contributed by atoms with Crippen LogP contribution in [-0.2, 0) is 11.3 Å². The van der Waals surface area contributed by atoms with Crippen LogP contribution in [0.4, 0.5) is 11.4 Å². The predicted octanol–water partition coefficient (Wildman–Crippen LogP) is 6.08. The van der Waals surface area contributed by atoms with Crippen LogP contribution in [0.15, 0.2) is 48.0 Å². The van der Waals surface area contributed by atoms with Crippen molar-refractivity contribution in [3.05, 3.63) is 63.4 Å². The van der Waals surface area contributed by atoms with E-state index in [0.29, 0.717) is 33.5 Å². The Morgan fingerprint density at radius 1 is 1.11 bits per heavy atom. The van der Waals surface area contributed by atoms with Crippen molar-refractivity contribution in [1.82, 2.24) is 9.88 Å². The summed E-state index contributed by atoms with van der Waals surface area (Å²) < 4.78 is 16.2. The number of fused-ring (bicyclic) bond motifs is 1. The van der Waals surface area contributed by atoms with Crippen molar-refractivity contribution in [3.8, 4) is 28.7 Å². The molecule has 1 saturated heterocycles. The number of nitriles is 1. The Morgan fingerprint density at radius 2 is 1.89 bits per heavy atom. The zero-order valence-corrected chi connectivity index (χ0v) is 21.6. The molecule has 1 N–H and O–H groups in total. The van der Waals surface area contributed by atoms with E-state index in [4.69, 9.17) is 25.8 Å². The smallest absolute Gasteiger partial charge is 0.162 e. The molecule has 184 valence electrons. The molecule has 7 nitrogen and oxygen atoms in total. The average Bonchev–Trinajstić information content (AvgIpc) is 3.38. The van der Waals surface area contributed by atoms with Crippen LogP contribution in [0, 0.1) is 11.3 Å². The first-order valence-corrected chi connectivity index (χ1v) is 12.7. The molecule has 0 spiro atoms. The Hall–Kier alpha value is -3.35. The molecule has 0 amide bonds. The minimum absolute atomic E-state index is 0.421. The van der Waals surface area contributed by atoms with Crippen molar-refractivity contribution in [2.45, 2.75) is 6.54 Å². The first-order valence-electron chi connectivity index (χ1n) is 11.5. The van der Waals surface area contributed by atoms with Crippen LogP contribution in [-0.4, -0.2) is 50.4 Å². The highest BCUT2D eigenvalue weighted by Gasteiger charge is 2.16. The maximum Gasteiger partial charge on any atom is 0.162 e. The summed E-state index contributed by atoms with van der Waals surface area (Å²) in [5, 5.41) is 16.5. The number of rotatable bonds is 7. The molecule has 0 radical (unpaired) electrons. The van der Waals surface area contributed by atoms with E-state index in [1.54, 1.807) is 43.9 Å². The molecular formula is C27H25ClN4O3S. The molecule has 3 heterocycles. The maximum absolute atomic E-state index is 9.76. The van der Waals surface area contributed by atoms with E-state index in [0.717, 1.165) is 54.9 Å². The summed E-state index contributed by atoms with van der Waals surface area (Å²) in [6.07, 6.45) is 1.58. The van der Waals surface area contributed by atoms with Crippen LogP contribution in [0.3, 0.4) is 0 Å². The number of hydrogen-bond donors (Lipinski definition) is 1. The summed E-state index contributed by atoms with van der Waals surface area (Å²) in [6, 6.07) is 14.0. The highest BCUT2D eigenvalue weighted by Crippen LogP contribution is 2.39. The Morgan fingerprint density at radius 3 is 2.64 bits per heavy atom. The van der Waals surface area contributed by atoms with E-state index in [2.05, 4.69) is 44.8 Å². The summed E-state index contributed by atoms with van der Waals surface area (Å²) in [7, 11) is 3.12. The standard InChI is InChI=1S/C27H25ClN4O3S/c1-33-25-11-22(28)24(12-26(25)34-2)31-27-19(13-29)14-30-23-10-17(3-4-21(23)27)18-9-20(36-16-18)15-32-5-7-35-8-6-32/h3-4,9-12,14,16H,5-8,15H2,1-2H3,(H,30,31). The van der Waals surface area contributed by atoms with Crippen LogP contribution in [0.25, 0.3) is 22.0 Å². The van der Waals surface area contributed by atoms with Crippen molar-refractivity contribution in [2.75, 3.05) is 45.8 Å². The molecule has 36 heavy (non-hydrogen) atoms. The number of ether oxygens (including phenoxy) is 3. The second-order valence-corrected chi connectivity index (χ2v) is 9.80. The van der Waals surface area contributed by atoms with Crippen molar-refractivity contribution < 1.29 is 14.2 Å². The summed E-state index contributed by atoms with van der Waals surface area (Å²) in [5.41, 5.74) is 4.69. The van der Waals surface area contributed by atoms with Gasteiger partial charge in [0, 0.05) is 48.2 Å². The van der Waals surface area contributed by atoms with E-state index >= 15 is 0 Å². The second-order valence-electron chi connectivity index (χ2n) is 8.39. The maximum atomic E-state index is 9.76. The molecule has 2 aromatic carbocycles. The summed E-state index contributed by atoms with van der Waals surface area (Å²) in [5.74, 6) is 1.07. The highest BCUT2D eigenvalue weighted by atomic mass is 35.5. The van der Waals surface area contributed by atoms with Gasteiger partial charge in [0.25, 0.3) is 0 Å². The number of nitrogens with zero attached hydrogens (tertiary/aromatic N) is 3. The van der Waals surface area contributed by atoms with Gasteiger partial charge in [-0.1, -0.05) is 23.7 Å². The van der Waals surface area contributed by atoms with Gasteiger partial charge in [-0.3, -0.25) is 9.88 Å². The van der Waals surface area contributed by atoms with Gasteiger partial charge in [-0.25, -0.2) is 0 Å². The predicted molar refractivity (Wildman–Crippen MR) is 144 cm³/mol. The lowest BCUT2D eigenvalue weighted by atomic mass is 10.0. The average molecular weight is 521 g/mol. The first-order chi connectivity index (χ1) is 17.6. The molecule has 0 bridgehead atoms. The van der Waals surface area contributed by atoms with Crippen LogP contribution in [0.1, 0.15) is 10.4 Å². The number of methoxy groups -OCH3 is 2. The Labute approximate surface area is 218 Å². The fourth-order valence-electron chi connectivity index (χ4n) is 4.27. The fraction of sp³-hybridized carbons (Fsp3) is 0.259. The van der Waals surface area contributed by atoms with E-state index in [1.165, 1.54) is 4.88 Å². The topological polar surface area (TPSA) is 79.6 Å². The first kappa shape index (κ1) is 24.3. The third-order valence-corrected chi connectivity index (χ3v) is 7.43.